The summed E-state index contributed by atoms with van der Waals surface area (Å²) in [6, 6.07) is 2.86. The topological polar surface area (TPSA) is 69.4 Å². The van der Waals surface area contributed by atoms with Crippen molar-refractivity contribution in [3.05, 3.63) is 22.7 Å². The number of sulfonamides is 1. The molecule has 6 heteroatoms. The lowest BCUT2D eigenvalue weighted by Crippen LogP contribution is -2.32. The summed E-state index contributed by atoms with van der Waals surface area (Å²) >= 11 is 6.04. The van der Waals surface area contributed by atoms with E-state index in [1.54, 1.807) is 0 Å². The standard InChI is InChI=1S/C11H14ClNO3S/c1-11(2)4-3-7-5-8(17(13,14)15)6-9(12)10(7)16-11/h5-6H,3-4H2,1-2H3,(H2,13,14,15). The number of rotatable bonds is 1. The normalized spacial score (nSPS) is 18.4. The number of fused-ring (bicyclic) bond motifs is 1. The number of aryl methyl sites for hydroxylation is 1. The van der Waals surface area contributed by atoms with Crippen molar-refractivity contribution in [1.82, 2.24) is 0 Å². The zero-order chi connectivity index (χ0) is 12.8. The molecule has 1 aliphatic rings. The van der Waals surface area contributed by atoms with Gasteiger partial charge in [-0.15, -0.1) is 0 Å². The van der Waals surface area contributed by atoms with E-state index in [0.29, 0.717) is 10.8 Å². The summed E-state index contributed by atoms with van der Waals surface area (Å²) in [4.78, 5) is 0.0320. The zero-order valence-corrected chi connectivity index (χ0v) is 11.2. The first-order valence-corrected chi connectivity index (χ1v) is 7.16. The molecule has 1 heterocycles. The van der Waals surface area contributed by atoms with Crippen molar-refractivity contribution in [2.45, 2.75) is 37.2 Å². The van der Waals surface area contributed by atoms with Crippen LogP contribution in [0.1, 0.15) is 25.8 Å². The van der Waals surface area contributed by atoms with Crippen LogP contribution in [0.4, 0.5) is 0 Å². The van der Waals surface area contributed by atoms with Gasteiger partial charge in [0.25, 0.3) is 0 Å². The lowest BCUT2D eigenvalue weighted by molar-refractivity contribution is 0.0847. The van der Waals surface area contributed by atoms with Crippen molar-refractivity contribution in [1.29, 1.82) is 0 Å². The number of hydrogen-bond acceptors (Lipinski definition) is 3. The largest absolute Gasteiger partial charge is 0.486 e. The predicted molar refractivity (Wildman–Crippen MR) is 65.9 cm³/mol. The molecule has 0 unspecified atom stereocenters. The molecule has 0 radical (unpaired) electrons. The van der Waals surface area contributed by atoms with Gasteiger partial charge in [-0.3, -0.25) is 0 Å². The molecule has 2 N–H and O–H groups in total. The Morgan fingerprint density at radius 1 is 1.41 bits per heavy atom. The van der Waals surface area contributed by atoms with E-state index in [1.165, 1.54) is 12.1 Å². The van der Waals surface area contributed by atoms with E-state index in [-0.39, 0.29) is 10.5 Å². The van der Waals surface area contributed by atoms with Crippen molar-refractivity contribution < 1.29 is 13.2 Å². The van der Waals surface area contributed by atoms with Crippen LogP contribution in [0, 0.1) is 0 Å². The molecule has 0 spiro atoms. The third-order valence-corrected chi connectivity index (χ3v) is 3.97. The Morgan fingerprint density at radius 2 is 2.06 bits per heavy atom. The van der Waals surface area contributed by atoms with Crippen LogP contribution >= 0.6 is 11.6 Å². The molecular formula is C11H14ClNO3S. The lowest BCUT2D eigenvalue weighted by atomic mass is 9.94. The minimum atomic E-state index is -3.73. The van der Waals surface area contributed by atoms with E-state index in [2.05, 4.69) is 0 Å². The SMILES string of the molecule is CC1(C)CCc2cc(S(N)(=O)=O)cc(Cl)c2O1. The van der Waals surface area contributed by atoms with E-state index in [0.717, 1.165) is 18.4 Å². The molecule has 94 valence electrons. The van der Waals surface area contributed by atoms with Gasteiger partial charge >= 0.3 is 0 Å². The predicted octanol–water partition coefficient (Wildman–Crippen LogP) is 2.09. The molecule has 0 aromatic heterocycles. The summed E-state index contributed by atoms with van der Waals surface area (Å²) in [5.41, 5.74) is 0.514. The van der Waals surface area contributed by atoms with Crippen LogP contribution in [0.25, 0.3) is 0 Å². The highest BCUT2D eigenvalue weighted by molar-refractivity contribution is 7.89. The van der Waals surface area contributed by atoms with Crippen LogP contribution < -0.4 is 9.88 Å². The van der Waals surface area contributed by atoms with Crippen molar-refractivity contribution >= 4 is 21.6 Å². The Labute approximate surface area is 106 Å². The third kappa shape index (κ3) is 2.56. The molecule has 4 nitrogen and oxygen atoms in total. The van der Waals surface area contributed by atoms with Crippen LogP contribution in [-0.4, -0.2) is 14.0 Å². The summed E-state index contributed by atoms with van der Waals surface area (Å²) in [5, 5.41) is 5.38. The van der Waals surface area contributed by atoms with Gasteiger partial charge in [0.15, 0.2) is 0 Å². The smallest absolute Gasteiger partial charge is 0.238 e. The summed E-state index contributed by atoms with van der Waals surface area (Å²) in [6.45, 7) is 3.94. The van der Waals surface area contributed by atoms with Gasteiger partial charge in [0, 0.05) is 0 Å². The maximum Gasteiger partial charge on any atom is 0.238 e. The average Bonchev–Trinajstić information content (AvgIpc) is 2.16. The highest BCUT2D eigenvalue weighted by Gasteiger charge is 2.29. The molecule has 2 rings (SSSR count). The second-order valence-corrected chi connectivity index (χ2v) is 6.77. The van der Waals surface area contributed by atoms with E-state index in [1.807, 2.05) is 13.8 Å². The molecule has 1 aliphatic heterocycles. The number of benzene rings is 1. The highest BCUT2D eigenvalue weighted by Crippen LogP contribution is 2.39. The molecule has 0 saturated carbocycles. The first-order chi connectivity index (χ1) is 7.69. The second-order valence-electron chi connectivity index (χ2n) is 4.80. The number of ether oxygens (including phenoxy) is 1. The summed E-state index contributed by atoms with van der Waals surface area (Å²) < 4.78 is 28.3. The average molecular weight is 276 g/mol. The number of primary sulfonamides is 1. The van der Waals surface area contributed by atoms with Gasteiger partial charge in [-0.2, -0.15) is 0 Å². The monoisotopic (exact) mass is 275 g/mol. The fourth-order valence-electron chi connectivity index (χ4n) is 1.85. The fourth-order valence-corrected chi connectivity index (χ4v) is 2.78. The first-order valence-electron chi connectivity index (χ1n) is 5.23. The Balaban J connectivity index is 2.55. The minimum absolute atomic E-state index is 0.0320. The van der Waals surface area contributed by atoms with Crippen molar-refractivity contribution in [3.63, 3.8) is 0 Å². The highest BCUT2D eigenvalue weighted by atomic mass is 35.5. The molecule has 0 fully saturated rings. The Hall–Kier alpha value is -0.780. The van der Waals surface area contributed by atoms with Gasteiger partial charge in [-0.1, -0.05) is 11.6 Å². The van der Waals surface area contributed by atoms with E-state index >= 15 is 0 Å². The zero-order valence-electron chi connectivity index (χ0n) is 9.66. The van der Waals surface area contributed by atoms with Gasteiger partial charge in [-0.05, 0) is 44.4 Å². The molecule has 0 amide bonds. The fraction of sp³-hybridized carbons (Fsp3) is 0.455. The van der Waals surface area contributed by atoms with E-state index in [9.17, 15) is 8.42 Å². The molecule has 17 heavy (non-hydrogen) atoms. The lowest BCUT2D eigenvalue weighted by Gasteiger charge is -2.33. The van der Waals surface area contributed by atoms with Gasteiger partial charge in [-0.25, -0.2) is 13.6 Å². The van der Waals surface area contributed by atoms with E-state index in [4.69, 9.17) is 21.5 Å². The third-order valence-electron chi connectivity index (χ3n) is 2.80. The minimum Gasteiger partial charge on any atom is -0.486 e. The number of hydrogen-bond donors (Lipinski definition) is 1. The van der Waals surface area contributed by atoms with Crippen LogP contribution in [-0.2, 0) is 16.4 Å². The second kappa shape index (κ2) is 3.86. The molecule has 1 aromatic carbocycles. The molecule has 0 saturated heterocycles. The molecule has 0 bridgehead atoms. The summed E-state index contributed by atoms with van der Waals surface area (Å²) in [5.74, 6) is 0.565. The van der Waals surface area contributed by atoms with Crippen LogP contribution in [0.2, 0.25) is 5.02 Å². The Morgan fingerprint density at radius 3 is 2.65 bits per heavy atom. The molecule has 1 aromatic rings. The molecule has 0 atom stereocenters. The van der Waals surface area contributed by atoms with Crippen molar-refractivity contribution in [2.75, 3.05) is 0 Å². The number of halogens is 1. The quantitative estimate of drug-likeness (QED) is 0.853. The van der Waals surface area contributed by atoms with Crippen molar-refractivity contribution in [2.24, 2.45) is 5.14 Å². The van der Waals surface area contributed by atoms with Gasteiger partial charge < -0.3 is 4.74 Å². The van der Waals surface area contributed by atoms with Gasteiger partial charge in [0.05, 0.1) is 9.92 Å². The molecule has 0 aliphatic carbocycles. The maximum absolute atomic E-state index is 11.3. The van der Waals surface area contributed by atoms with Crippen LogP contribution in [0.3, 0.4) is 0 Å². The van der Waals surface area contributed by atoms with Gasteiger partial charge in [0.1, 0.15) is 11.4 Å². The summed E-state index contributed by atoms with van der Waals surface area (Å²) in [6.07, 6.45) is 1.54. The first kappa shape index (κ1) is 12.7. The molecular weight excluding hydrogens is 262 g/mol. The van der Waals surface area contributed by atoms with Gasteiger partial charge in [0.2, 0.25) is 10.0 Å². The van der Waals surface area contributed by atoms with Crippen LogP contribution in [0.15, 0.2) is 17.0 Å². The Kier molecular flexibility index (Phi) is 2.88. The number of nitrogens with two attached hydrogens (primary N) is 1. The van der Waals surface area contributed by atoms with E-state index < -0.39 is 10.0 Å². The Bertz CT molecular complexity index is 566. The van der Waals surface area contributed by atoms with Crippen molar-refractivity contribution in [3.8, 4) is 5.75 Å². The van der Waals surface area contributed by atoms with Crippen LogP contribution in [0.5, 0.6) is 5.75 Å². The maximum atomic E-state index is 11.3. The summed E-state index contributed by atoms with van der Waals surface area (Å²) in [7, 11) is -3.73.